The zero-order valence-electron chi connectivity index (χ0n) is 27.7. The summed E-state index contributed by atoms with van der Waals surface area (Å²) < 4.78 is 39.4. The second kappa shape index (κ2) is 14.6. The molecule has 0 bridgehead atoms. The molecule has 4 aromatic rings. The molecule has 2 unspecified atom stereocenters. The lowest BCUT2D eigenvalue weighted by molar-refractivity contribution is -0.140. The summed E-state index contributed by atoms with van der Waals surface area (Å²) >= 11 is 0. The van der Waals surface area contributed by atoms with E-state index in [0.29, 0.717) is 47.3 Å². The first-order chi connectivity index (χ1) is 23.1. The van der Waals surface area contributed by atoms with Crippen LogP contribution in [0.2, 0.25) is 0 Å². The van der Waals surface area contributed by atoms with Crippen LogP contribution in [0.5, 0.6) is 40.2 Å². The SMILES string of the molecule is COC(=O)CC(c1ccc(O)cc1)c1oc(CN2CCc3cc(OC)c(OC)cc3C2c2cc(OC)c(OC)c(OC)c2)cc(=O)c1O. The molecule has 3 aromatic carbocycles. The summed E-state index contributed by atoms with van der Waals surface area (Å²) in [5.41, 5.74) is 2.67. The minimum absolute atomic E-state index is 0.0208. The minimum atomic E-state index is -0.865. The second-order valence-electron chi connectivity index (χ2n) is 11.2. The van der Waals surface area contributed by atoms with Crippen molar-refractivity contribution in [1.82, 2.24) is 4.90 Å². The highest BCUT2D eigenvalue weighted by molar-refractivity contribution is 5.71. The summed E-state index contributed by atoms with van der Waals surface area (Å²) in [4.78, 5) is 27.8. The van der Waals surface area contributed by atoms with Crippen LogP contribution in [-0.2, 0) is 22.5 Å². The molecule has 2 N–H and O–H groups in total. The first-order valence-corrected chi connectivity index (χ1v) is 15.2. The summed E-state index contributed by atoms with van der Waals surface area (Å²) in [6.07, 6.45) is 0.429. The van der Waals surface area contributed by atoms with Gasteiger partial charge in [-0.25, -0.2) is 0 Å². The third kappa shape index (κ3) is 6.70. The van der Waals surface area contributed by atoms with E-state index in [4.69, 9.17) is 32.8 Å². The lowest BCUT2D eigenvalue weighted by Crippen LogP contribution is -2.36. The Labute approximate surface area is 277 Å². The van der Waals surface area contributed by atoms with Gasteiger partial charge < -0.3 is 43.1 Å². The standard InChI is InChI=1S/C36H39NO11/c1-42-28-13-21-11-12-37(33(25(21)17-29(28)43-2)22-14-30(44-3)36(47-6)31(15-22)45-4)19-24-16-27(39)34(41)35(48-24)26(18-32(40)46-5)20-7-9-23(38)10-8-20/h7-10,13-17,26,33,38,41H,11-12,18-19H2,1-6H3. The summed E-state index contributed by atoms with van der Waals surface area (Å²) in [5, 5.41) is 20.8. The molecule has 254 valence electrons. The molecule has 2 atom stereocenters. The summed E-state index contributed by atoms with van der Waals surface area (Å²) in [5.74, 6) is 0.700. The predicted molar refractivity (Wildman–Crippen MR) is 175 cm³/mol. The third-order valence-electron chi connectivity index (χ3n) is 8.55. The Bertz CT molecular complexity index is 1810. The highest BCUT2D eigenvalue weighted by atomic mass is 16.5. The Morgan fingerprint density at radius 2 is 1.48 bits per heavy atom. The average molecular weight is 662 g/mol. The van der Waals surface area contributed by atoms with Crippen molar-refractivity contribution < 1.29 is 47.8 Å². The fourth-order valence-corrected chi connectivity index (χ4v) is 6.21. The molecule has 12 nitrogen and oxygen atoms in total. The highest BCUT2D eigenvalue weighted by Gasteiger charge is 2.34. The van der Waals surface area contributed by atoms with Gasteiger partial charge in [-0.1, -0.05) is 12.1 Å². The van der Waals surface area contributed by atoms with Gasteiger partial charge in [0.25, 0.3) is 0 Å². The first-order valence-electron chi connectivity index (χ1n) is 15.2. The predicted octanol–water partition coefficient (Wildman–Crippen LogP) is 4.94. The van der Waals surface area contributed by atoms with Gasteiger partial charge in [0.1, 0.15) is 11.5 Å². The van der Waals surface area contributed by atoms with E-state index in [1.165, 1.54) is 32.4 Å². The quantitative estimate of drug-likeness (QED) is 0.198. The number of phenols is 1. The molecule has 1 aliphatic heterocycles. The van der Waals surface area contributed by atoms with Crippen molar-refractivity contribution in [2.45, 2.75) is 31.3 Å². The van der Waals surface area contributed by atoms with Gasteiger partial charge in [0.2, 0.25) is 16.9 Å². The van der Waals surface area contributed by atoms with Crippen LogP contribution in [0.15, 0.2) is 63.8 Å². The summed E-state index contributed by atoms with van der Waals surface area (Å²) in [6, 6.07) is 14.6. The molecule has 0 saturated carbocycles. The molecule has 0 aliphatic carbocycles. The van der Waals surface area contributed by atoms with E-state index < -0.39 is 29.1 Å². The molecule has 0 radical (unpaired) electrons. The van der Waals surface area contributed by atoms with Crippen LogP contribution in [0.25, 0.3) is 0 Å². The average Bonchev–Trinajstić information content (AvgIpc) is 3.10. The highest BCUT2D eigenvalue weighted by Crippen LogP contribution is 2.46. The second-order valence-corrected chi connectivity index (χ2v) is 11.2. The molecule has 12 heteroatoms. The van der Waals surface area contributed by atoms with Crippen LogP contribution in [0.1, 0.15) is 52.2 Å². The van der Waals surface area contributed by atoms with E-state index in [-0.39, 0.29) is 30.2 Å². The van der Waals surface area contributed by atoms with E-state index in [0.717, 1.165) is 16.7 Å². The molecular weight excluding hydrogens is 622 g/mol. The molecule has 0 fully saturated rings. The Morgan fingerprint density at radius 3 is 2.06 bits per heavy atom. The maximum atomic E-state index is 13.2. The normalized spacial score (nSPS) is 14.8. The van der Waals surface area contributed by atoms with Crippen LogP contribution >= 0.6 is 0 Å². The van der Waals surface area contributed by atoms with Crippen molar-refractivity contribution in [2.75, 3.05) is 49.2 Å². The number of methoxy groups -OCH3 is 6. The topological polar surface area (TPSA) is 146 Å². The number of carbonyl (C=O) groups excluding carboxylic acids is 1. The van der Waals surface area contributed by atoms with Crippen molar-refractivity contribution >= 4 is 5.97 Å². The molecule has 1 aromatic heterocycles. The summed E-state index contributed by atoms with van der Waals surface area (Å²) in [6.45, 7) is 0.700. The number of rotatable bonds is 12. The number of phenolic OH excluding ortho intramolecular Hbond substituents is 1. The number of ether oxygens (including phenoxy) is 6. The van der Waals surface area contributed by atoms with Gasteiger partial charge in [-0.3, -0.25) is 14.5 Å². The zero-order valence-corrected chi connectivity index (χ0v) is 27.7. The fraction of sp³-hybridized carbons (Fsp3) is 0.333. The number of hydrogen-bond donors (Lipinski definition) is 2. The van der Waals surface area contributed by atoms with E-state index in [1.807, 2.05) is 24.3 Å². The van der Waals surface area contributed by atoms with E-state index in [9.17, 15) is 19.8 Å². The number of benzene rings is 3. The maximum Gasteiger partial charge on any atom is 0.306 e. The van der Waals surface area contributed by atoms with Crippen molar-refractivity contribution in [1.29, 1.82) is 0 Å². The van der Waals surface area contributed by atoms with Gasteiger partial charge in [0, 0.05) is 12.6 Å². The van der Waals surface area contributed by atoms with Gasteiger partial charge in [-0.15, -0.1) is 0 Å². The van der Waals surface area contributed by atoms with Crippen molar-refractivity contribution in [3.8, 4) is 40.2 Å². The van der Waals surface area contributed by atoms with Crippen molar-refractivity contribution in [3.63, 3.8) is 0 Å². The molecule has 1 aliphatic rings. The number of esters is 1. The molecule has 0 spiro atoms. The minimum Gasteiger partial charge on any atom is -0.508 e. The third-order valence-corrected chi connectivity index (χ3v) is 8.55. The van der Waals surface area contributed by atoms with Crippen molar-refractivity contribution in [2.24, 2.45) is 0 Å². The summed E-state index contributed by atoms with van der Waals surface area (Å²) in [7, 11) is 9.05. The van der Waals surface area contributed by atoms with Crippen LogP contribution in [0, 0.1) is 0 Å². The van der Waals surface area contributed by atoms with Crippen molar-refractivity contribution in [3.05, 3.63) is 98.6 Å². The Morgan fingerprint density at radius 1 is 0.854 bits per heavy atom. The molecular formula is C36H39NO11. The largest absolute Gasteiger partial charge is 0.508 e. The number of nitrogens with zero attached hydrogens (tertiary/aromatic N) is 1. The van der Waals surface area contributed by atoms with E-state index in [2.05, 4.69) is 4.90 Å². The van der Waals surface area contributed by atoms with Gasteiger partial charge >= 0.3 is 5.97 Å². The van der Waals surface area contributed by atoms with E-state index >= 15 is 0 Å². The number of fused-ring (bicyclic) bond motifs is 1. The smallest absolute Gasteiger partial charge is 0.306 e. The van der Waals surface area contributed by atoms with Gasteiger partial charge in [0.15, 0.2) is 28.8 Å². The Kier molecular flexibility index (Phi) is 10.3. The Hall–Kier alpha value is -5.36. The zero-order chi connectivity index (χ0) is 34.5. The molecule has 2 heterocycles. The lowest BCUT2D eigenvalue weighted by Gasteiger charge is -2.38. The van der Waals surface area contributed by atoms with Crippen LogP contribution < -0.4 is 29.1 Å². The molecule has 48 heavy (non-hydrogen) atoms. The van der Waals surface area contributed by atoms with Crippen LogP contribution in [-0.4, -0.2) is 70.3 Å². The molecule has 0 saturated heterocycles. The van der Waals surface area contributed by atoms with Gasteiger partial charge in [-0.2, -0.15) is 0 Å². The number of carbonyl (C=O) groups is 1. The van der Waals surface area contributed by atoms with Crippen LogP contribution in [0.4, 0.5) is 0 Å². The van der Waals surface area contributed by atoms with E-state index in [1.54, 1.807) is 40.6 Å². The fourth-order valence-electron chi connectivity index (χ4n) is 6.21. The monoisotopic (exact) mass is 661 g/mol. The first kappa shape index (κ1) is 34.0. The Balaban J connectivity index is 1.65. The van der Waals surface area contributed by atoms with Gasteiger partial charge in [0.05, 0.1) is 67.6 Å². The maximum absolute atomic E-state index is 13.2. The van der Waals surface area contributed by atoms with Gasteiger partial charge in [-0.05, 0) is 65.1 Å². The molecule has 0 amide bonds. The van der Waals surface area contributed by atoms with Crippen LogP contribution in [0.3, 0.4) is 0 Å². The number of aromatic hydroxyl groups is 2. The number of hydrogen-bond acceptors (Lipinski definition) is 12. The molecule has 5 rings (SSSR count). The lowest BCUT2D eigenvalue weighted by atomic mass is 9.87.